The van der Waals surface area contributed by atoms with Crippen LogP contribution in [0.2, 0.25) is 5.15 Å². The molecule has 82 valence electrons. The summed E-state index contributed by atoms with van der Waals surface area (Å²) >= 11 is 6.03. The second-order valence-corrected chi connectivity index (χ2v) is 4.19. The Kier molecular flexibility index (Phi) is 3.94. The van der Waals surface area contributed by atoms with Gasteiger partial charge in [0.15, 0.2) is 0 Å². The number of nitrogens with zero attached hydrogens (tertiary/aromatic N) is 2. The molecule has 0 unspecified atom stereocenters. The first-order valence-corrected chi connectivity index (χ1v) is 5.76. The maximum atomic E-state index is 6.03. The Labute approximate surface area is 95.4 Å². The molecule has 1 saturated heterocycles. The molecule has 2 heterocycles. The molecule has 1 N–H and O–H groups in total. The van der Waals surface area contributed by atoms with Gasteiger partial charge in [0.05, 0.1) is 0 Å². The zero-order valence-corrected chi connectivity index (χ0v) is 9.50. The van der Waals surface area contributed by atoms with Crippen molar-refractivity contribution in [3.8, 4) is 0 Å². The third kappa shape index (κ3) is 3.16. The van der Waals surface area contributed by atoms with E-state index in [-0.39, 0.29) is 0 Å². The van der Waals surface area contributed by atoms with Crippen LogP contribution >= 0.6 is 11.6 Å². The average Bonchev–Trinajstić information content (AvgIpc) is 2.50. The molecule has 1 aliphatic heterocycles. The van der Waals surface area contributed by atoms with Gasteiger partial charge in [0.25, 0.3) is 0 Å². The normalized spacial score (nSPS) is 18.7. The van der Waals surface area contributed by atoms with E-state index >= 15 is 0 Å². The molecule has 3 nitrogen and oxygen atoms in total. The highest BCUT2D eigenvalue weighted by molar-refractivity contribution is 6.30. The van der Waals surface area contributed by atoms with Gasteiger partial charge in [-0.25, -0.2) is 4.98 Å². The van der Waals surface area contributed by atoms with Crippen LogP contribution in [0.4, 0.5) is 0 Å². The van der Waals surface area contributed by atoms with Crippen molar-refractivity contribution in [2.24, 2.45) is 0 Å². The van der Waals surface area contributed by atoms with Gasteiger partial charge in [-0.3, -0.25) is 4.90 Å². The molecule has 1 fully saturated rings. The molecular weight excluding hydrogens is 210 g/mol. The first-order chi connectivity index (χ1) is 7.36. The summed E-state index contributed by atoms with van der Waals surface area (Å²) < 4.78 is 0. The van der Waals surface area contributed by atoms with Crippen molar-refractivity contribution < 1.29 is 0 Å². The van der Waals surface area contributed by atoms with Gasteiger partial charge >= 0.3 is 0 Å². The summed E-state index contributed by atoms with van der Waals surface area (Å²) in [6.07, 6.45) is 2.94. The quantitative estimate of drug-likeness (QED) is 0.774. The number of halogens is 1. The topological polar surface area (TPSA) is 28.2 Å². The van der Waals surface area contributed by atoms with E-state index in [1.54, 1.807) is 6.20 Å². The standard InChI is InChI=1S/C11H16ClN3/c12-11-10(3-1-5-14-11)9-15-7-2-4-13-6-8-15/h1,3,5,13H,2,4,6-9H2. The predicted molar refractivity (Wildman–Crippen MR) is 62.0 cm³/mol. The van der Waals surface area contributed by atoms with Crippen LogP contribution < -0.4 is 5.32 Å². The molecule has 0 aliphatic carbocycles. The van der Waals surface area contributed by atoms with Gasteiger partial charge < -0.3 is 5.32 Å². The summed E-state index contributed by atoms with van der Waals surface area (Å²) in [5, 5.41) is 4.02. The number of nitrogens with one attached hydrogen (secondary N) is 1. The number of hydrogen-bond acceptors (Lipinski definition) is 3. The van der Waals surface area contributed by atoms with Gasteiger partial charge in [0.1, 0.15) is 5.15 Å². The minimum absolute atomic E-state index is 0.634. The maximum Gasteiger partial charge on any atom is 0.133 e. The molecule has 0 aromatic carbocycles. The highest BCUT2D eigenvalue weighted by Gasteiger charge is 2.10. The molecule has 0 amide bonds. The van der Waals surface area contributed by atoms with Crippen molar-refractivity contribution in [1.29, 1.82) is 0 Å². The van der Waals surface area contributed by atoms with E-state index in [2.05, 4.69) is 15.2 Å². The highest BCUT2D eigenvalue weighted by Crippen LogP contribution is 2.14. The van der Waals surface area contributed by atoms with Crippen LogP contribution in [0, 0.1) is 0 Å². The minimum Gasteiger partial charge on any atom is -0.315 e. The second-order valence-electron chi connectivity index (χ2n) is 3.83. The lowest BCUT2D eigenvalue weighted by molar-refractivity contribution is 0.284. The van der Waals surface area contributed by atoms with Gasteiger partial charge in [-0.05, 0) is 25.6 Å². The number of pyridine rings is 1. The van der Waals surface area contributed by atoms with Crippen molar-refractivity contribution >= 4 is 11.6 Å². The van der Waals surface area contributed by atoms with Crippen LogP contribution in [0.5, 0.6) is 0 Å². The first kappa shape index (κ1) is 10.9. The highest BCUT2D eigenvalue weighted by atomic mass is 35.5. The van der Waals surface area contributed by atoms with E-state index in [1.807, 2.05) is 12.1 Å². The summed E-state index contributed by atoms with van der Waals surface area (Å²) in [5.74, 6) is 0. The summed E-state index contributed by atoms with van der Waals surface area (Å²) in [6, 6.07) is 3.99. The smallest absolute Gasteiger partial charge is 0.133 e. The summed E-state index contributed by atoms with van der Waals surface area (Å²) in [7, 11) is 0. The van der Waals surface area contributed by atoms with Crippen molar-refractivity contribution in [2.75, 3.05) is 26.2 Å². The summed E-state index contributed by atoms with van der Waals surface area (Å²) in [4.78, 5) is 6.51. The molecule has 0 spiro atoms. The molecule has 2 rings (SSSR count). The fraction of sp³-hybridized carbons (Fsp3) is 0.545. The van der Waals surface area contributed by atoms with Gasteiger partial charge in [0.2, 0.25) is 0 Å². The molecule has 0 saturated carbocycles. The zero-order chi connectivity index (χ0) is 10.5. The van der Waals surface area contributed by atoms with Crippen LogP contribution in [-0.2, 0) is 6.54 Å². The molecule has 0 bridgehead atoms. The predicted octanol–water partition coefficient (Wildman–Crippen LogP) is 1.53. The molecule has 15 heavy (non-hydrogen) atoms. The monoisotopic (exact) mass is 225 g/mol. The fourth-order valence-corrected chi connectivity index (χ4v) is 2.02. The van der Waals surface area contributed by atoms with E-state index in [0.29, 0.717) is 5.15 Å². The lowest BCUT2D eigenvalue weighted by atomic mass is 10.2. The van der Waals surface area contributed by atoms with Crippen LogP contribution in [-0.4, -0.2) is 36.1 Å². The maximum absolute atomic E-state index is 6.03. The molecule has 1 aromatic heterocycles. The van der Waals surface area contributed by atoms with Crippen LogP contribution in [0.3, 0.4) is 0 Å². The lowest BCUT2D eigenvalue weighted by Crippen LogP contribution is -2.27. The van der Waals surface area contributed by atoms with Crippen molar-refractivity contribution in [3.05, 3.63) is 29.0 Å². The summed E-state index contributed by atoms with van der Waals surface area (Å²) in [6.45, 7) is 5.33. The summed E-state index contributed by atoms with van der Waals surface area (Å²) in [5.41, 5.74) is 1.13. The van der Waals surface area contributed by atoms with Crippen molar-refractivity contribution in [1.82, 2.24) is 15.2 Å². The molecule has 1 aromatic rings. The Hall–Kier alpha value is -0.640. The van der Waals surface area contributed by atoms with Gasteiger partial charge in [0, 0.05) is 31.4 Å². The molecule has 4 heteroatoms. The Morgan fingerprint density at radius 2 is 2.33 bits per heavy atom. The average molecular weight is 226 g/mol. The number of rotatable bonds is 2. The van der Waals surface area contributed by atoms with Gasteiger partial charge in [-0.1, -0.05) is 17.7 Å². The molecule has 1 aliphatic rings. The second kappa shape index (κ2) is 5.45. The number of aromatic nitrogens is 1. The largest absolute Gasteiger partial charge is 0.315 e. The SMILES string of the molecule is Clc1ncccc1CN1CCCNCC1. The van der Waals surface area contributed by atoms with Gasteiger partial charge in [-0.15, -0.1) is 0 Å². The Balaban J connectivity index is 1.98. The molecular formula is C11H16ClN3. The Morgan fingerprint density at radius 3 is 3.20 bits per heavy atom. The van der Waals surface area contributed by atoms with Gasteiger partial charge in [-0.2, -0.15) is 0 Å². The van der Waals surface area contributed by atoms with Crippen molar-refractivity contribution in [3.63, 3.8) is 0 Å². The Morgan fingerprint density at radius 1 is 1.40 bits per heavy atom. The number of hydrogen-bond donors (Lipinski definition) is 1. The van der Waals surface area contributed by atoms with Crippen LogP contribution in [0.1, 0.15) is 12.0 Å². The Bertz CT molecular complexity index is 308. The lowest BCUT2D eigenvalue weighted by Gasteiger charge is -2.19. The minimum atomic E-state index is 0.634. The van der Waals surface area contributed by atoms with Crippen LogP contribution in [0.15, 0.2) is 18.3 Å². The zero-order valence-electron chi connectivity index (χ0n) is 8.75. The van der Waals surface area contributed by atoms with Crippen LogP contribution in [0.25, 0.3) is 0 Å². The fourth-order valence-electron chi connectivity index (χ4n) is 1.84. The van der Waals surface area contributed by atoms with E-state index in [0.717, 1.165) is 38.3 Å². The van der Waals surface area contributed by atoms with E-state index in [4.69, 9.17) is 11.6 Å². The third-order valence-electron chi connectivity index (χ3n) is 2.66. The molecule has 0 atom stereocenters. The van der Waals surface area contributed by atoms with Crippen molar-refractivity contribution in [2.45, 2.75) is 13.0 Å². The first-order valence-electron chi connectivity index (χ1n) is 5.39. The van der Waals surface area contributed by atoms with E-state index in [9.17, 15) is 0 Å². The van der Waals surface area contributed by atoms with E-state index in [1.165, 1.54) is 6.42 Å². The van der Waals surface area contributed by atoms with E-state index < -0.39 is 0 Å². The third-order valence-corrected chi connectivity index (χ3v) is 3.00. The molecule has 0 radical (unpaired) electrons.